The molecule has 0 aromatic heterocycles. The molecular formula is C35H42F4O2. The highest BCUT2D eigenvalue weighted by Gasteiger charge is 2.27. The maximum Gasteiger partial charge on any atom is 0.166 e. The molecule has 1 heterocycles. The molecule has 0 atom stereocenters. The van der Waals surface area contributed by atoms with Crippen LogP contribution in [0.1, 0.15) is 95.1 Å². The van der Waals surface area contributed by atoms with Crippen LogP contribution in [0, 0.1) is 23.3 Å². The molecule has 6 heteroatoms. The summed E-state index contributed by atoms with van der Waals surface area (Å²) in [7, 11) is 0. The molecular weight excluding hydrogens is 528 g/mol. The molecule has 1 fully saturated rings. The molecule has 4 rings (SSSR count). The van der Waals surface area contributed by atoms with E-state index in [0.29, 0.717) is 23.1 Å². The van der Waals surface area contributed by atoms with Gasteiger partial charge in [0.25, 0.3) is 0 Å². The first kappa shape index (κ1) is 31.2. The van der Waals surface area contributed by atoms with Gasteiger partial charge in [-0.25, -0.2) is 17.6 Å². The summed E-state index contributed by atoms with van der Waals surface area (Å²) in [5.41, 5.74) is 1.79. The van der Waals surface area contributed by atoms with Crippen LogP contribution in [-0.4, -0.2) is 19.5 Å². The lowest BCUT2D eigenvalue weighted by atomic mass is 9.94. The number of benzene rings is 3. The van der Waals surface area contributed by atoms with E-state index in [1.54, 1.807) is 48.5 Å². The van der Waals surface area contributed by atoms with E-state index in [1.165, 1.54) is 19.3 Å². The molecule has 2 nitrogen and oxygen atoms in total. The van der Waals surface area contributed by atoms with Crippen LogP contribution >= 0.6 is 0 Å². The Bertz CT molecular complexity index is 1250. The molecule has 0 amide bonds. The van der Waals surface area contributed by atoms with Crippen molar-refractivity contribution in [2.75, 3.05) is 13.2 Å². The number of aryl methyl sites for hydroxylation is 1. The molecule has 1 aliphatic rings. The number of halogens is 4. The quantitative estimate of drug-likeness (QED) is 0.142. The summed E-state index contributed by atoms with van der Waals surface area (Å²) < 4.78 is 71.6. The Kier molecular flexibility index (Phi) is 11.8. The highest BCUT2D eigenvalue weighted by Crippen LogP contribution is 2.34. The van der Waals surface area contributed by atoms with E-state index in [4.69, 9.17) is 9.47 Å². The van der Waals surface area contributed by atoms with Gasteiger partial charge in [-0.3, -0.25) is 0 Å². The van der Waals surface area contributed by atoms with Crippen LogP contribution in [-0.2, 0) is 15.9 Å². The molecule has 0 bridgehead atoms. The van der Waals surface area contributed by atoms with E-state index in [2.05, 4.69) is 13.8 Å². The van der Waals surface area contributed by atoms with E-state index in [0.717, 1.165) is 44.9 Å². The van der Waals surface area contributed by atoms with E-state index in [1.807, 2.05) is 0 Å². The smallest absolute Gasteiger partial charge is 0.166 e. The van der Waals surface area contributed by atoms with Crippen molar-refractivity contribution in [2.45, 2.75) is 96.7 Å². The fourth-order valence-corrected chi connectivity index (χ4v) is 5.48. The highest BCUT2D eigenvalue weighted by molar-refractivity contribution is 5.71. The first-order valence-corrected chi connectivity index (χ1v) is 15.2. The Morgan fingerprint density at radius 2 is 1.12 bits per heavy atom. The number of hydrogen-bond acceptors (Lipinski definition) is 2. The minimum atomic E-state index is -0.948. The predicted octanol–water partition coefficient (Wildman–Crippen LogP) is 10.5. The van der Waals surface area contributed by atoms with Crippen LogP contribution in [0.2, 0.25) is 0 Å². The van der Waals surface area contributed by atoms with Gasteiger partial charge in [-0.2, -0.15) is 0 Å². The van der Waals surface area contributed by atoms with Crippen LogP contribution in [0.5, 0.6) is 0 Å². The van der Waals surface area contributed by atoms with Crippen LogP contribution in [0.3, 0.4) is 0 Å². The van der Waals surface area contributed by atoms with Crippen LogP contribution in [0.15, 0.2) is 48.5 Å². The zero-order valence-electron chi connectivity index (χ0n) is 24.3. The second kappa shape index (κ2) is 15.5. The minimum Gasteiger partial charge on any atom is -0.352 e. The molecule has 3 aromatic carbocycles. The monoisotopic (exact) mass is 570 g/mol. The fourth-order valence-electron chi connectivity index (χ4n) is 5.48. The Labute approximate surface area is 242 Å². The summed E-state index contributed by atoms with van der Waals surface area (Å²) in [6, 6.07) is 12.8. The van der Waals surface area contributed by atoms with Crippen LogP contribution in [0.4, 0.5) is 17.6 Å². The number of ether oxygens (including phenoxy) is 2. The number of hydrogen-bond donors (Lipinski definition) is 0. The molecule has 222 valence electrons. The normalized spacial score (nSPS) is 17.2. The van der Waals surface area contributed by atoms with Crippen molar-refractivity contribution in [3.63, 3.8) is 0 Å². The van der Waals surface area contributed by atoms with E-state index in [9.17, 15) is 8.78 Å². The summed E-state index contributed by atoms with van der Waals surface area (Å²) >= 11 is 0. The molecule has 1 saturated heterocycles. The Morgan fingerprint density at radius 1 is 0.585 bits per heavy atom. The molecule has 0 aliphatic carbocycles. The van der Waals surface area contributed by atoms with Crippen LogP contribution < -0.4 is 0 Å². The van der Waals surface area contributed by atoms with Crippen molar-refractivity contribution in [3.05, 3.63) is 82.9 Å². The molecule has 41 heavy (non-hydrogen) atoms. The number of unbranched alkanes of at least 4 members (excludes halogenated alkanes) is 7. The zero-order valence-corrected chi connectivity index (χ0v) is 24.3. The summed E-state index contributed by atoms with van der Waals surface area (Å²) in [5, 5.41) is 0. The largest absolute Gasteiger partial charge is 0.352 e. The standard InChI is InChI=1S/C35H42F4O2/c1-3-5-7-8-9-11-12-26-18-19-28(33(37)32(26)36)24-14-16-25(17-15-24)29-20-21-30(35(39)34(29)38)27-22-40-31(41-23-27)13-10-6-4-2/h14-21,27,31H,3-13,22-23H2,1-2H3. The van der Waals surface area contributed by atoms with Crippen molar-refractivity contribution in [1.29, 1.82) is 0 Å². The summed E-state index contributed by atoms with van der Waals surface area (Å²) in [5.74, 6) is -3.94. The van der Waals surface area contributed by atoms with Crippen molar-refractivity contribution in [2.24, 2.45) is 0 Å². The van der Waals surface area contributed by atoms with Gasteiger partial charge in [-0.1, -0.05) is 107 Å². The molecule has 0 N–H and O–H groups in total. The minimum absolute atomic E-state index is 0.105. The van der Waals surface area contributed by atoms with Crippen molar-refractivity contribution in [3.8, 4) is 22.3 Å². The molecule has 0 saturated carbocycles. The average Bonchev–Trinajstić information content (AvgIpc) is 2.99. The van der Waals surface area contributed by atoms with Crippen molar-refractivity contribution >= 4 is 0 Å². The Hall–Kier alpha value is -2.70. The van der Waals surface area contributed by atoms with Gasteiger partial charge < -0.3 is 9.47 Å². The topological polar surface area (TPSA) is 18.5 Å². The second-order valence-electron chi connectivity index (χ2n) is 11.1. The van der Waals surface area contributed by atoms with Crippen LogP contribution in [0.25, 0.3) is 22.3 Å². The molecule has 0 unspecified atom stereocenters. The second-order valence-corrected chi connectivity index (χ2v) is 11.1. The first-order chi connectivity index (χ1) is 19.9. The van der Waals surface area contributed by atoms with E-state index >= 15 is 8.78 Å². The number of rotatable bonds is 14. The highest BCUT2D eigenvalue weighted by atomic mass is 19.2. The maximum atomic E-state index is 15.2. The molecule has 0 radical (unpaired) electrons. The van der Waals surface area contributed by atoms with Crippen molar-refractivity contribution in [1.82, 2.24) is 0 Å². The van der Waals surface area contributed by atoms with E-state index < -0.39 is 23.3 Å². The van der Waals surface area contributed by atoms with Gasteiger partial charge in [-0.15, -0.1) is 0 Å². The Morgan fingerprint density at radius 3 is 1.76 bits per heavy atom. The lowest BCUT2D eigenvalue weighted by molar-refractivity contribution is -0.190. The molecule has 1 aliphatic heterocycles. The third-order valence-electron chi connectivity index (χ3n) is 8.03. The van der Waals surface area contributed by atoms with Gasteiger partial charge in [0.15, 0.2) is 29.6 Å². The summed E-state index contributed by atoms with van der Waals surface area (Å²) in [6.45, 7) is 4.85. The zero-order chi connectivity index (χ0) is 29.2. The molecule has 3 aromatic rings. The Balaban J connectivity index is 1.41. The third kappa shape index (κ3) is 7.98. The maximum absolute atomic E-state index is 15.2. The van der Waals surface area contributed by atoms with Gasteiger partial charge in [0.1, 0.15) is 0 Å². The lowest BCUT2D eigenvalue weighted by Crippen LogP contribution is -2.31. The van der Waals surface area contributed by atoms with Gasteiger partial charge >= 0.3 is 0 Å². The summed E-state index contributed by atoms with van der Waals surface area (Å²) in [4.78, 5) is 0. The van der Waals surface area contributed by atoms with Gasteiger partial charge in [0.05, 0.1) is 13.2 Å². The lowest BCUT2D eigenvalue weighted by Gasteiger charge is -2.30. The fraction of sp³-hybridized carbons (Fsp3) is 0.486. The van der Waals surface area contributed by atoms with Gasteiger partial charge in [0.2, 0.25) is 0 Å². The predicted molar refractivity (Wildman–Crippen MR) is 157 cm³/mol. The average molecular weight is 571 g/mol. The SMILES string of the molecule is CCCCCCCCc1ccc(-c2ccc(-c3ccc(C4COC(CCCCC)OC4)c(F)c3F)cc2)c(F)c1F. The summed E-state index contributed by atoms with van der Waals surface area (Å²) in [6.07, 6.45) is 10.7. The molecule has 0 spiro atoms. The van der Waals surface area contributed by atoms with E-state index in [-0.39, 0.29) is 42.1 Å². The third-order valence-corrected chi connectivity index (χ3v) is 8.03. The van der Waals surface area contributed by atoms with Gasteiger partial charge in [-0.05, 0) is 47.9 Å². The van der Waals surface area contributed by atoms with Crippen molar-refractivity contribution < 1.29 is 27.0 Å². The van der Waals surface area contributed by atoms with Gasteiger partial charge in [0, 0.05) is 17.0 Å². The first-order valence-electron chi connectivity index (χ1n) is 15.2.